The van der Waals surface area contributed by atoms with E-state index in [9.17, 15) is 43.1 Å². The molecule has 0 radical (unpaired) electrons. The van der Waals surface area contributed by atoms with Crippen molar-refractivity contribution in [2.75, 3.05) is 6.61 Å². The van der Waals surface area contributed by atoms with Gasteiger partial charge in [-0.2, -0.15) is 0 Å². The summed E-state index contributed by atoms with van der Waals surface area (Å²) in [5, 5.41) is 60.5. The predicted molar refractivity (Wildman–Crippen MR) is 133 cm³/mol. The molecule has 2 aromatic rings. The highest BCUT2D eigenvalue weighted by Gasteiger charge is 2.39. The molecule has 0 aliphatic rings. The normalized spacial score (nSPS) is 17.5. The molecule has 38 heavy (non-hydrogen) atoms. The van der Waals surface area contributed by atoms with Crippen molar-refractivity contribution in [1.82, 2.24) is 0 Å². The Morgan fingerprint density at radius 3 is 1.50 bits per heavy atom. The fourth-order valence-corrected chi connectivity index (χ4v) is 4.78. The zero-order valence-electron chi connectivity index (χ0n) is 21.8. The summed E-state index contributed by atoms with van der Waals surface area (Å²) in [6.07, 6.45) is -8.97. The van der Waals surface area contributed by atoms with Crippen LogP contribution in [0.25, 0.3) is 0 Å². The standard InChI is InChI=1S/C28H38F4O6/c1-4-17-20(29)9-15(10-21(17)30)7-6-14(3)19(8-16-11-22(31)18(5-2)23(32)12-16)25(35)27(37)28(38)26(36)24(34)13-33/h9-12,14,19,24-28,33-38H,4-8,13H2,1-3H3/t14?,19?,24-,25?,26+,27+,28-/m0/s1. The maximum absolute atomic E-state index is 14.4. The monoisotopic (exact) mass is 546 g/mol. The lowest BCUT2D eigenvalue weighted by atomic mass is 9.77. The lowest BCUT2D eigenvalue weighted by molar-refractivity contribution is -0.152. The van der Waals surface area contributed by atoms with Crippen LogP contribution >= 0.6 is 0 Å². The van der Waals surface area contributed by atoms with Crippen LogP contribution in [0.5, 0.6) is 0 Å². The van der Waals surface area contributed by atoms with Crippen molar-refractivity contribution in [2.45, 2.75) is 83.4 Å². The van der Waals surface area contributed by atoms with Gasteiger partial charge in [-0.3, -0.25) is 0 Å². The zero-order valence-corrected chi connectivity index (χ0v) is 21.8. The highest BCUT2D eigenvalue weighted by molar-refractivity contribution is 5.28. The highest BCUT2D eigenvalue weighted by Crippen LogP contribution is 2.30. The van der Waals surface area contributed by atoms with E-state index in [1.807, 2.05) is 0 Å². The molecule has 0 heterocycles. The second-order valence-corrected chi connectivity index (χ2v) is 9.88. The summed E-state index contributed by atoms with van der Waals surface area (Å²) in [4.78, 5) is 0. The van der Waals surface area contributed by atoms with Crippen molar-refractivity contribution < 1.29 is 48.2 Å². The van der Waals surface area contributed by atoms with E-state index in [1.165, 1.54) is 12.1 Å². The molecule has 7 atom stereocenters. The molecule has 6 nitrogen and oxygen atoms in total. The smallest absolute Gasteiger partial charge is 0.129 e. The van der Waals surface area contributed by atoms with E-state index in [0.29, 0.717) is 5.56 Å². The number of hydrogen-bond acceptors (Lipinski definition) is 6. The Morgan fingerprint density at radius 1 is 0.658 bits per heavy atom. The van der Waals surface area contributed by atoms with Gasteiger partial charge in [-0.15, -0.1) is 0 Å². The second-order valence-electron chi connectivity index (χ2n) is 9.88. The largest absolute Gasteiger partial charge is 0.394 e. The van der Waals surface area contributed by atoms with Crippen molar-refractivity contribution in [2.24, 2.45) is 11.8 Å². The van der Waals surface area contributed by atoms with E-state index < -0.39 is 72.2 Å². The van der Waals surface area contributed by atoms with Crippen molar-refractivity contribution in [1.29, 1.82) is 0 Å². The van der Waals surface area contributed by atoms with Crippen molar-refractivity contribution in [3.05, 3.63) is 69.8 Å². The first-order valence-electron chi connectivity index (χ1n) is 12.8. The summed E-state index contributed by atoms with van der Waals surface area (Å²) < 4.78 is 57.4. The minimum absolute atomic E-state index is 0.0320. The SMILES string of the molecule is CCc1c(F)cc(CCC(C)C(Cc2cc(F)c(CC)c(F)c2)C(O)[C@@H](O)[C@@H](O)[C@H](O)[C@@H](O)CO)cc1F. The van der Waals surface area contributed by atoms with Gasteiger partial charge < -0.3 is 30.6 Å². The molecular weight excluding hydrogens is 508 g/mol. The number of halogens is 4. The van der Waals surface area contributed by atoms with Crippen LogP contribution in [-0.2, 0) is 25.7 Å². The fraction of sp³-hybridized carbons (Fsp3) is 0.571. The van der Waals surface area contributed by atoms with Crippen LogP contribution in [0.1, 0.15) is 49.4 Å². The number of aryl methyl sites for hydroxylation is 1. The molecule has 2 aromatic carbocycles. The zero-order chi connectivity index (χ0) is 28.7. The summed E-state index contributed by atoms with van der Waals surface area (Å²) in [5.41, 5.74) is 0.407. The van der Waals surface area contributed by atoms with Gasteiger partial charge in [-0.05, 0) is 79.3 Å². The predicted octanol–water partition coefficient (Wildman–Crippen LogP) is 2.59. The van der Waals surface area contributed by atoms with Crippen molar-refractivity contribution in [3.8, 4) is 0 Å². The third-order valence-corrected chi connectivity index (χ3v) is 7.27. The first-order valence-corrected chi connectivity index (χ1v) is 12.8. The Kier molecular flexibility index (Phi) is 12.1. The van der Waals surface area contributed by atoms with Crippen LogP contribution in [0, 0.1) is 35.1 Å². The molecular formula is C28H38F4O6. The van der Waals surface area contributed by atoms with E-state index in [1.54, 1.807) is 20.8 Å². The Labute approximate surface area is 220 Å². The van der Waals surface area contributed by atoms with Crippen LogP contribution < -0.4 is 0 Å². The summed E-state index contributed by atoms with van der Waals surface area (Å²) in [6, 6.07) is 4.69. The molecule has 6 N–H and O–H groups in total. The van der Waals surface area contributed by atoms with Gasteiger partial charge in [-0.1, -0.05) is 20.8 Å². The van der Waals surface area contributed by atoms with Gasteiger partial charge in [0, 0.05) is 11.1 Å². The number of hydrogen-bond donors (Lipinski definition) is 6. The number of benzene rings is 2. The molecule has 0 aliphatic heterocycles. The van der Waals surface area contributed by atoms with E-state index in [4.69, 9.17) is 5.11 Å². The topological polar surface area (TPSA) is 121 Å². The Balaban J connectivity index is 2.33. The van der Waals surface area contributed by atoms with E-state index in [0.717, 1.165) is 12.1 Å². The molecule has 3 unspecified atom stereocenters. The van der Waals surface area contributed by atoms with Gasteiger partial charge in [0.2, 0.25) is 0 Å². The molecule has 0 saturated heterocycles. The third-order valence-electron chi connectivity index (χ3n) is 7.27. The number of rotatable bonds is 14. The molecule has 0 spiro atoms. The molecule has 0 amide bonds. The molecule has 0 saturated carbocycles. The lowest BCUT2D eigenvalue weighted by Crippen LogP contribution is -2.52. The molecule has 0 aromatic heterocycles. The Bertz CT molecular complexity index is 1010. The van der Waals surface area contributed by atoms with Crippen LogP contribution in [-0.4, -0.2) is 67.8 Å². The number of aliphatic hydroxyl groups is 6. The Morgan fingerprint density at radius 2 is 1.08 bits per heavy atom. The second kappa shape index (κ2) is 14.3. The minimum atomic E-state index is -2.05. The van der Waals surface area contributed by atoms with Crippen LogP contribution in [0.3, 0.4) is 0 Å². The molecule has 214 valence electrons. The lowest BCUT2D eigenvalue weighted by Gasteiger charge is -2.35. The van der Waals surface area contributed by atoms with Gasteiger partial charge in [0.1, 0.15) is 47.7 Å². The maximum atomic E-state index is 14.4. The summed E-state index contributed by atoms with van der Waals surface area (Å²) in [5.74, 6) is -4.35. The highest BCUT2D eigenvalue weighted by atomic mass is 19.1. The first-order chi connectivity index (χ1) is 17.9. The van der Waals surface area contributed by atoms with E-state index in [2.05, 4.69) is 0 Å². The molecule has 0 bridgehead atoms. The molecule has 2 rings (SSSR count). The average Bonchev–Trinajstić information content (AvgIpc) is 2.87. The first kappa shape index (κ1) is 32.1. The van der Waals surface area contributed by atoms with Gasteiger partial charge in [0.05, 0.1) is 12.7 Å². The van der Waals surface area contributed by atoms with Crippen LogP contribution in [0.2, 0.25) is 0 Å². The van der Waals surface area contributed by atoms with Gasteiger partial charge in [-0.25, -0.2) is 17.6 Å². The minimum Gasteiger partial charge on any atom is -0.394 e. The Hall–Kier alpha value is -2.08. The maximum Gasteiger partial charge on any atom is 0.129 e. The quantitative estimate of drug-likeness (QED) is 0.203. The van der Waals surface area contributed by atoms with Crippen LogP contribution in [0.4, 0.5) is 17.6 Å². The van der Waals surface area contributed by atoms with Gasteiger partial charge in [0.15, 0.2) is 0 Å². The van der Waals surface area contributed by atoms with Crippen molar-refractivity contribution in [3.63, 3.8) is 0 Å². The van der Waals surface area contributed by atoms with E-state index in [-0.39, 0.29) is 48.8 Å². The van der Waals surface area contributed by atoms with Gasteiger partial charge >= 0.3 is 0 Å². The summed E-state index contributed by atoms with van der Waals surface area (Å²) in [6.45, 7) is 3.99. The summed E-state index contributed by atoms with van der Waals surface area (Å²) >= 11 is 0. The van der Waals surface area contributed by atoms with Gasteiger partial charge in [0.25, 0.3) is 0 Å². The van der Waals surface area contributed by atoms with Crippen molar-refractivity contribution >= 4 is 0 Å². The fourth-order valence-electron chi connectivity index (χ4n) is 4.78. The van der Waals surface area contributed by atoms with E-state index >= 15 is 0 Å². The van der Waals surface area contributed by atoms with Crippen LogP contribution in [0.15, 0.2) is 24.3 Å². The molecule has 0 fully saturated rings. The number of aliphatic hydroxyl groups excluding tert-OH is 6. The summed E-state index contributed by atoms with van der Waals surface area (Å²) in [7, 11) is 0. The molecule has 0 aliphatic carbocycles. The molecule has 10 heteroatoms. The third kappa shape index (κ3) is 7.74. The average molecular weight is 547 g/mol.